The van der Waals surface area contributed by atoms with Crippen molar-refractivity contribution in [3.8, 4) is 0 Å². The summed E-state index contributed by atoms with van der Waals surface area (Å²) in [5.74, 6) is -2.83. The van der Waals surface area contributed by atoms with Crippen LogP contribution in [-0.2, 0) is 14.8 Å². The number of benzene rings is 1. The normalized spacial score (nSPS) is 15.0. The fourth-order valence-electron chi connectivity index (χ4n) is 1.52. The Labute approximate surface area is 123 Å². The molecule has 0 saturated carbocycles. The van der Waals surface area contributed by atoms with Crippen molar-refractivity contribution in [1.82, 2.24) is 4.72 Å². The fraction of sp³-hybridized carbons (Fsp3) is 0.364. The average Bonchev–Trinajstić information content (AvgIpc) is 2.30. The molecule has 0 saturated heterocycles. The summed E-state index contributed by atoms with van der Waals surface area (Å²) < 4.78 is 64.9. The lowest BCUT2D eigenvalue weighted by molar-refractivity contribution is -0.140. The molecular weight excluding hydrogens is 335 g/mol. The second-order valence-corrected chi connectivity index (χ2v) is 6.56. The predicted molar refractivity (Wildman–Crippen MR) is 68.4 cm³/mol. The zero-order chi connectivity index (χ0) is 16.4. The van der Waals surface area contributed by atoms with Crippen LogP contribution in [-0.4, -0.2) is 31.5 Å². The molecule has 0 fully saturated rings. The molecule has 0 radical (unpaired) electrons. The molecule has 0 heterocycles. The Balaban J connectivity index is 3.24. The highest BCUT2D eigenvalue weighted by Gasteiger charge is 2.42. The third-order valence-electron chi connectivity index (χ3n) is 2.55. The van der Waals surface area contributed by atoms with Crippen molar-refractivity contribution in [3.05, 3.63) is 29.0 Å². The van der Waals surface area contributed by atoms with Crippen LogP contribution in [0.2, 0.25) is 5.02 Å². The van der Waals surface area contributed by atoms with Crippen molar-refractivity contribution < 1.29 is 31.5 Å². The van der Waals surface area contributed by atoms with Gasteiger partial charge < -0.3 is 5.11 Å². The van der Waals surface area contributed by atoms with Crippen LogP contribution in [0.25, 0.3) is 0 Å². The van der Waals surface area contributed by atoms with Crippen molar-refractivity contribution in [2.45, 2.75) is 30.2 Å². The molecule has 0 bridgehead atoms. The Kier molecular flexibility index (Phi) is 5.24. The number of hydrogen-bond donors (Lipinski definition) is 2. The minimum Gasteiger partial charge on any atom is -0.481 e. The SMILES string of the molecule is CC(CC(=O)O)(NS(=O)(=O)c1cc(Cl)ccc1F)C(F)F. The lowest BCUT2D eigenvalue weighted by Gasteiger charge is -2.28. The van der Waals surface area contributed by atoms with E-state index >= 15 is 0 Å². The van der Waals surface area contributed by atoms with E-state index in [-0.39, 0.29) is 5.02 Å². The maximum Gasteiger partial charge on any atom is 0.305 e. The Hall–Kier alpha value is -1.32. The molecule has 10 heteroatoms. The summed E-state index contributed by atoms with van der Waals surface area (Å²) in [7, 11) is -4.71. The molecule has 1 aromatic carbocycles. The lowest BCUT2D eigenvalue weighted by atomic mass is 10.0. The van der Waals surface area contributed by atoms with Gasteiger partial charge in [-0.1, -0.05) is 11.6 Å². The van der Waals surface area contributed by atoms with Crippen molar-refractivity contribution in [2.24, 2.45) is 0 Å². The van der Waals surface area contributed by atoms with Crippen LogP contribution in [0, 0.1) is 5.82 Å². The minimum atomic E-state index is -4.71. The van der Waals surface area contributed by atoms with Crippen LogP contribution in [0.15, 0.2) is 23.1 Å². The van der Waals surface area contributed by atoms with E-state index in [9.17, 15) is 26.4 Å². The van der Waals surface area contributed by atoms with Crippen LogP contribution in [0.5, 0.6) is 0 Å². The zero-order valence-corrected chi connectivity index (χ0v) is 12.2. The van der Waals surface area contributed by atoms with Crippen molar-refractivity contribution in [2.75, 3.05) is 0 Å². The highest BCUT2D eigenvalue weighted by atomic mass is 35.5. The van der Waals surface area contributed by atoms with Crippen LogP contribution in [0.4, 0.5) is 13.2 Å². The maximum atomic E-state index is 13.5. The average molecular weight is 346 g/mol. The Morgan fingerprint density at radius 3 is 2.52 bits per heavy atom. The van der Waals surface area contributed by atoms with E-state index in [4.69, 9.17) is 16.7 Å². The van der Waals surface area contributed by atoms with Crippen molar-refractivity contribution in [1.29, 1.82) is 0 Å². The monoisotopic (exact) mass is 345 g/mol. The Morgan fingerprint density at radius 1 is 1.48 bits per heavy atom. The van der Waals surface area contributed by atoms with Gasteiger partial charge in [-0.2, -0.15) is 4.72 Å². The summed E-state index contributed by atoms with van der Waals surface area (Å²) in [4.78, 5) is 9.66. The summed E-state index contributed by atoms with van der Waals surface area (Å²) in [6.45, 7) is 0.714. The molecule has 0 aromatic heterocycles. The van der Waals surface area contributed by atoms with E-state index in [0.717, 1.165) is 18.2 Å². The standard InChI is InChI=1S/C11H11ClF3NO4S/c1-11(10(14)15,5-9(17)18)16-21(19,20)8-4-6(12)2-3-7(8)13/h2-4,10,16H,5H2,1H3,(H,17,18). The van der Waals surface area contributed by atoms with E-state index < -0.39 is 45.1 Å². The highest BCUT2D eigenvalue weighted by molar-refractivity contribution is 7.89. The van der Waals surface area contributed by atoms with Gasteiger partial charge in [0.2, 0.25) is 10.0 Å². The van der Waals surface area contributed by atoms with E-state index in [0.29, 0.717) is 6.92 Å². The molecule has 0 spiro atoms. The van der Waals surface area contributed by atoms with Gasteiger partial charge in [0.05, 0.1) is 6.42 Å². The first-order chi connectivity index (χ1) is 9.48. The Bertz CT molecular complexity index is 653. The smallest absolute Gasteiger partial charge is 0.305 e. The number of hydrogen-bond acceptors (Lipinski definition) is 3. The number of nitrogens with one attached hydrogen (secondary N) is 1. The van der Waals surface area contributed by atoms with Gasteiger partial charge in [-0.3, -0.25) is 4.79 Å². The summed E-state index contributed by atoms with van der Waals surface area (Å²) in [6, 6.07) is 2.58. The molecular formula is C11H11ClF3NO4S. The number of carbonyl (C=O) groups is 1. The van der Waals surface area contributed by atoms with Gasteiger partial charge in [-0.25, -0.2) is 21.6 Å². The molecule has 21 heavy (non-hydrogen) atoms. The molecule has 118 valence electrons. The first-order valence-corrected chi connectivity index (χ1v) is 7.33. The quantitative estimate of drug-likeness (QED) is 0.828. The van der Waals surface area contributed by atoms with Crippen LogP contribution < -0.4 is 4.72 Å². The van der Waals surface area contributed by atoms with Gasteiger partial charge in [0.15, 0.2) is 0 Å². The minimum absolute atomic E-state index is 0.117. The van der Waals surface area contributed by atoms with Crippen molar-refractivity contribution in [3.63, 3.8) is 0 Å². The second kappa shape index (κ2) is 6.20. The molecule has 1 rings (SSSR count). The number of rotatable bonds is 6. The summed E-state index contributed by atoms with van der Waals surface area (Å²) >= 11 is 5.54. The summed E-state index contributed by atoms with van der Waals surface area (Å²) in [5.41, 5.74) is -2.58. The van der Waals surface area contributed by atoms with Gasteiger partial charge in [0.25, 0.3) is 6.43 Å². The maximum absolute atomic E-state index is 13.5. The van der Waals surface area contributed by atoms with Gasteiger partial charge in [0.1, 0.15) is 16.3 Å². The molecule has 1 unspecified atom stereocenters. The van der Waals surface area contributed by atoms with Crippen LogP contribution in [0.1, 0.15) is 13.3 Å². The first kappa shape index (κ1) is 17.7. The predicted octanol–water partition coefficient (Wildman–Crippen LogP) is 2.26. The van der Waals surface area contributed by atoms with Crippen LogP contribution in [0.3, 0.4) is 0 Å². The van der Waals surface area contributed by atoms with Gasteiger partial charge in [-0.15, -0.1) is 0 Å². The van der Waals surface area contributed by atoms with Gasteiger partial charge >= 0.3 is 5.97 Å². The van der Waals surface area contributed by atoms with E-state index in [1.807, 2.05) is 0 Å². The number of halogens is 4. The van der Waals surface area contributed by atoms with E-state index in [1.54, 1.807) is 0 Å². The first-order valence-electron chi connectivity index (χ1n) is 5.47. The molecule has 1 aromatic rings. The molecule has 0 aliphatic heterocycles. The zero-order valence-electron chi connectivity index (χ0n) is 10.6. The molecule has 5 nitrogen and oxygen atoms in total. The molecule has 1 atom stereocenters. The third-order valence-corrected chi connectivity index (χ3v) is 4.41. The largest absolute Gasteiger partial charge is 0.481 e. The lowest BCUT2D eigenvalue weighted by Crippen LogP contribution is -2.52. The third kappa shape index (κ3) is 4.32. The molecule has 0 aliphatic rings. The topological polar surface area (TPSA) is 83.5 Å². The number of alkyl halides is 2. The molecule has 2 N–H and O–H groups in total. The highest BCUT2D eigenvalue weighted by Crippen LogP contribution is 2.25. The number of carboxylic acids is 1. The Morgan fingerprint density at radius 2 is 2.05 bits per heavy atom. The number of aliphatic carboxylic acids is 1. The van der Waals surface area contributed by atoms with E-state index in [1.165, 1.54) is 4.72 Å². The van der Waals surface area contributed by atoms with Crippen molar-refractivity contribution >= 4 is 27.6 Å². The fourth-order valence-corrected chi connectivity index (χ4v) is 3.25. The van der Waals surface area contributed by atoms with Crippen LogP contribution >= 0.6 is 11.6 Å². The van der Waals surface area contributed by atoms with E-state index in [2.05, 4.69) is 0 Å². The molecule has 0 aliphatic carbocycles. The van der Waals surface area contributed by atoms with Gasteiger partial charge in [0, 0.05) is 5.02 Å². The summed E-state index contributed by atoms with van der Waals surface area (Å²) in [6.07, 6.45) is -4.49. The summed E-state index contributed by atoms with van der Waals surface area (Å²) in [5, 5.41) is 8.48. The second-order valence-electron chi connectivity index (χ2n) is 4.47. The number of sulfonamides is 1. The van der Waals surface area contributed by atoms with Gasteiger partial charge in [-0.05, 0) is 25.1 Å². The number of carboxylic acid groups (broad SMARTS) is 1. The molecule has 0 amide bonds.